The van der Waals surface area contributed by atoms with E-state index in [0.29, 0.717) is 4.47 Å². The molecule has 21 heavy (non-hydrogen) atoms. The van der Waals surface area contributed by atoms with Gasteiger partial charge in [0.1, 0.15) is 11.6 Å². The van der Waals surface area contributed by atoms with Crippen molar-refractivity contribution < 1.29 is 13.6 Å². The van der Waals surface area contributed by atoms with Gasteiger partial charge in [-0.3, -0.25) is 4.79 Å². The number of carbonyl (C=O) groups excluding carboxylic acids is 1. The minimum absolute atomic E-state index is 0.0347. The number of amides is 1. The van der Waals surface area contributed by atoms with Gasteiger partial charge in [0.2, 0.25) is 5.91 Å². The maximum atomic E-state index is 13.6. The van der Waals surface area contributed by atoms with Crippen molar-refractivity contribution in [1.29, 1.82) is 0 Å². The van der Waals surface area contributed by atoms with E-state index in [-0.39, 0.29) is 16.3 Å². The molecule has 2 nitrogen and oxygen atoms in total. The minimum atomic E-state index is -0.587. The lowest BCUT2D eigenvalue weighted by molar-refractivity contribution is -0.111. The van der Waals surface area contributed by atoms with Crippen LogP contribution < -0.4 is 5.32 Å². The van der Waals surface area contributed by atoms with Crippen molar-refractivity contribution >= 4 is 45.2 Å². The molecule has 0 radical (unpaired) electrons. The molecule has 1 amide bonds. The summed E-state index contributed by atoms with van der Waals surface area (Å²) in [5.74, 6) is -1.70. The molecule has 108 valence electrons. The second kappa shape index (κ2) is 6.83. The normalized spacial score (nSPS) is 10.9. The number of hydrogen-bond donors (Lipinski definition) is 1. The molecule has 0 bridgehead atoms. The number of hydrogen-bond acceptors (Lipinski definition) is 1. The zero-order chi connectivity index (χ0) is 15.4. The van der Waals surface area contributed by atoms with Crippen LogP contribution in [0, 0.1) is 11.6 Å². The molecule has 0 heterocycles. The van der Waals surface area contributed by atoms with Crippen molar-refractivity contribution in [3.05, 3.63) is 69.2 Å². The van der Waals surface area contributed by atoms with Gasteiger partial charge in [0, 0.05) is 16.1 Å². The molecule has 0 aromatic heterocycles. The molecule has 0 saturated heterocycles. The van der Waals surface area contributed by atoms with E-state index in [1.165, 1.54) is 36.4 Å². The monoisotopic (exact) mass is 371 g/mol. The van der Waals surface area contributed by atoms with Gasteiger partial charge in [-0.05, 0) is 36.4 Å². The van der Waals surface area contributed by atoms with Crippen LogP contribution in [0.4, 0.5) is 14.5 Å². The molecular formula is C15H9BrClF2NO. The highest BCUT2D eigenvalue weighted by molar-refractivity contribution is 9.10. The molecule has 0 spiro atoms. The van der Waals surface area contributed by atoms with Gasteiger partial charge in [-0.2, -0.15) is 0 Å². The molecule has 0 aliphatic rings. The largest absolute Gasteiger partial charge is 0.320 e. The van der Waals surface area contributed by atoms with Crippen LogP contribution in [0.15, 0.2) is 46.9 Å². The van der Waals surface area contributed by atoms with Crippen molar-refractivity contribution in [3.63, 3.8) is 0 Å². The van der Waals surface area contributed by atoms with E-state index in [9.17, 15) is 13.6 Å². The second-order valence-corrected chi connectivity index (χ2v) is 5.40. The van der Waals surface area contributed by atoms with Gasteiger partial charge in [-0.15, -0.1) is 0 Å². The van der Waals surface area contributed by atoms with E-state index in [0.717, 1.165) is 6.08 Å². The summed E-state index contributed by atoms with van der Waals surface area (Å²) in [5.41, 5.74) is 0.137. The summed E-state index contributed by atoms with van der Waals surface area (Å²) in [4.78, 5) is 11.7. The fourth-order valence-electron chi connectivity index (χ4n) is 1.59. The predicted octanol–water partition coefficient (Wildman–Crippen LogP) is 5.03. The van der Waals surface area contributed by atoms with Gasteiger partial charge in [0.25, 0.3) is 0 Å². The molecular weight excluding hydrogens is 364 g/mol. The summed E-state index contributed by atoms with van der Waals surface area (Å²) in [6.07, 6.45) is 2.33. The highest BCUT2D eigenvalue weighted by Gasteiger charge is 2.07. The Bertz CT molecular complexity index is 699. The third-order valence-electron chi connectivity index (χ3n) is 2.59. The Labute approximate surface area is 133 Å². The summed E-state index contributed by atoms with van der Waals surface area (Å²) in [6, 6.07) is 8.45. The SMILES string of the molecule is O=C(C=Cc1c(F)cccc1Cl)Nc1ccc(Br)cc1F. The molecule has 2 aromatic rings. The molecule has 0 aliphatic carbocycles. The molecule has 1 N–H and O–H groups in total. The highest BCUT2D eigenvalue weighted by Crippen LogP contribution is 2.21. The number of benzene rings is 2. The molecule has 0 fully saturated rings. The Hall–Kier alpha value is -1.72. The van der Waals surface area contributed by atoms with Crippen LogP contribution in [0.25, 0.3) is 6.08 Å². The topological polar surface area (TPSA) is 29.1 Å². The van der Waals surface area contributed by atoms with Crippen molar-refractivity contribution in [2.75, 3.05) is 5.32 Å². The van der Waals surface area contributed by atoms with Crippen LogP contribution in [0.3, 0.4) is 0 Å². The summed E-state index contributed by atoms with van der Waals surface area (Å²) >= 11 is 8.94. The van der Waals surface area contributed by atoms with E-state index < -0.39 is 17.5 Å². The third kappa shape index (κ3) is 4.12. The molecule has 6 heteroatoms. The van der Waals surface area contributed by atoms with Gasteiger partial charge in [0.05, 0.1) is 10.7 Å². The standard InChI is InChI=1S/C15H9BrClF2NO/c16-9-4-6-14(13(19)8-9)20-15(21)7-5-10-11(17)2-1-3-12(10)18/h1-8H,(H,20,21). The van der Waals surface area contributed by atoms with Crippen LogP contribution in [0.2, 0.25) is 5.02 Å². The van der Waals surface area contributed by atoms with Gasteiger partial charge in [0.15, 0.2) is 0 Å². The Balaban J connectivity index is 2.13. The van der Waals surface area contributed by atoms with Crippen LogP contribution in [0.5, 0.6) is 0 Å². The number of carbonyl (C=O) groups is 1. The number of nitrogens with one attached hydrogen (secondary N) is 1. The maximum Gasteiger partial charge on any atom is 0.248 e. The zero-order valence-corrected chi connectivity index (χ0v) is 12.9. The van der Waals surface area contributed by atoms with Crippen molar-refractivity contribution in [2.24, 2.45) is 0 Å². The molecule has 0 atom stereocenters. The Morgan fingerprint density at radius 1 is 1.19 bits per heavy atom. The Morgan fingerprint density at radius 2 is 1.95 bits per heavy atom. The van der Waals surface area contributed by atoms with Gasteiger partial charge in [-0.1, -0.05) is 33.6 Å². The van der Waals surface area contributed by atoms with Gasteiger partial charge < -0.3 is 5.32 Å². The highest BCUT2D eigenvalue weighted by atomic mass is 79.9. The fourth-order valence-corrected chi connectivity index (χ4v) is 2.15. The first kappa shape index (κ1) is 15.7. The third-order valence-corrected chi connectivity index (χ3v) is 3.41. The lowest BCUT2D eigenvalue weighted by atomic mass is 10.2. The van der Waals surface area contributed by atoms with E-state index in [4.69, 9.17) is 11.6 Å². The fraction of sp³-hybridized carbons (Fsp3) is 0. The van der Waals surface area contributed by atoms with Gasteiger partial charge >= 0.3 is 0 Å². The summed E-state index contributed by atoms with van der Waals surface area (Å²) in [6.45, 7) is 0. The predicted molar refractivity (Wildman–Crippen MR) is 83.2 cm³/mol. The number of halogens is 4. The number of anilines is 1. The van der Waals surface area contributed by atoms with Crippen LogP contribution in [-0.4, -0.2) is 5.91 Å². The first-order chi connectivity index (χ1) is 9.97. The average Bonchev–Trinajstić information content (AvgIpc) is 2.41. The zero-order valence-electron chi connectivity index (χ0n) is 10.5. The van der Waals surface area contributed by atoms with E-state index in [1.54, 1.807) is 6.07 Å². The van der Waals surface area contributed by atoms with Crippen molar-refractivity contribution in [1.82, 2.24) is 0 Å². The second-order valence-electron chi connectivity index (χ2n) is 4.08. The lowest BCUT2D eigenvalue weighted by Crippen LogP contribution is -2.09. The molecule has 0 aliphatic heterocycles. The minimum Gasteiger partial charge on any atom is -0.320 e. The quantitative estimate of drug-likeness (QED) is 0.752. The van der Waals surface area contributed by atoms with E-state index in [1.807, 2.05) is 0 Å². The first-order valence-electron chi connectivity index (χ1n) is 5.85. The maximum absolute atomic E-state index is 13.6. The van der Waals surface area contributed by atoms with Crippen LogP contribution in [0.1, 0.15) is 5.56 Å². The lowest BCUT2D eigenvalue weighted by Gasteiger charge is -2.04. The first-order valence-corrected chi connectivity index (χ1v) is 7.02. The molecule has 0 saturated carbocycles. The number of rotatable bonds is 3. The Kier molecular flexibility index (Phi) is 5.09. The van der Waals surface area contributed by atoms with Crippen LogP contribution in [-0.2, 0) is 4.79 Å². The van der Waals surface area contributed by atoms with E-state index in [2.05, 4.69) is 21.2 Å². The Morgan fingerprint density at radius 3 is 2.62 bits per heavy atom. The van der Waals surface area contributed by atoms with Gasteiger partial charge in [-0.25, -0.2) is 8.78 Å². The van der Waals surface area contributed by atoms with E-state index >= 15 is 0 Å². The summed E-state index contributed by atoms with van der Waals surface area (Å²) in [7, 11) is 0. The average molecular weight is 373 g/mol. The molecule has 2 aromatic carbocycles. The summed E-state index contributed by atoms with van der Waals surface area (Å²) in [5, 5.41) is 2.55. The smallest absolute Gasteiger partial charge is 0.248 e. The van der Waals surface area contributed by atoms with Crippen molar-refractivity contribution in [3.8, 4) is 0 Å². The van der Waals surface area contributed by atoms with Crippen molar-refractivity contribution in [2.45, 2.75) is 0 Å². The van der Waals surface area contributed by atoms with Crippen LogP contribution >= 0.6 is 27.5 Å². The molecule has 2 rings (SSSR count). The molecule has 0 unspecified atom stereocenters. The summed E-state index contributed by atoms with van der Waals surface area (Å²) < 4.78 is 27.6.